The summed E-state index contributed by atoms with van der Waals surface area (Å²) in [6.45, 7) is 4.73. The van der Waals surface area contributed by atoms with Crippen LogP contribution in [-0.2, 0) is 10.8 Å². The number of hydrogen-bond acceptors (Lipinski definition) is 1. The fourth-order valence-corrected chi connectivity index (χ4v) is 9.91. The molecule has 0 N–H and O–H groups in total. The molecular formula is C52H41N. The van der Waals surface area contributed by atoms with Gasteiger partial charge in [0.2, 0.25) is 0 Å². The minimum atomic E-state index is -0.464. The van der Waals surface area contributed by atoms with Crippen molar-refractivity contribution in [3.63, 3.8) is 0 Å². The van der Waals surface area contributed by atoms with Crippen LogP contribution < -0.4 is 4.90 Å². The van der Waals surface area contributed by atoms with Crippen LogP contribution in [0.1, 0.15) is 60.1 Å². The van der Waals surface area contributed by atoms with Gasteiger partial charge in [-0.1, -0.05) is 153 Å². The average Bonchev–Trinajstić information content (AvgIpc) is 3.67. The van der Waals surface area contributed by atoms with Gasteiger partial charge < -0.3 is 4.90 Å². The summed E-state index contributed by atoms with van der Waals surface area (Å²) < 4.78 is 0. The number of nitrogens with zero attached hydrogens (tertiary/aromatic N) is 1. The van der Waals surface area contributed by atoms with Crippen LogP contribution in [0, 0.1) is 0 Å². The highest BCUT2D eigenvalue weighted by atomic mass is 15.1. The molecule has 0 bridgehead atoms. The topological polar surface area (TPSA) is 3.24 Å². The Hall–Kier alpha value is -6.18. The second-order valence-electron chi connectivity index (χ2n) is 14.7. The molecule has 8 aromatic carbocycles. The summed E-state index contributed by atoms with van der Waals surface area (Å²) in [6, 6.07) is 70.2. The molecule has 8 aromatic rings. The number of fused-ring (bicyclic) bond motifs is 7. The zero-order valence-corrected chi connectivity index (χ0v) is 30.3. The first-order valence-corrected chi connectivity index (χ1v) is 19.1. The molecule has 1 heteroatoms. The maximum absolute atomic E-state index is 2.50. The van der Waals surface area contributed by atoms with Gasteiger partial charge in [-0.2, -0.15) is 0 Å². The van der Waals surface area contributed by atoms with Crippen molar-refractivity contribution in [1.29, 1.82) is 0 Å². The monoisotopic (exact) mass is 679 g/mol. The maximum atomic E-state index is 2.50. The second kappa shape index (κ2) is 12.2. The predicted molar refractivity (Wildman–Crippen MR) is 223 cm³/mol. The van der Waals surface area contributed by atoms with E-state index < -0.39 is 5.41 Å². The second-order valence-corrected chi connectivity index (χ2v) is 14.7. The predicted octanol–water partition coefficient (Wildman–Crippen LogP) is 13.8. The summed E-state index contributed by atoms with van der Waals surface area (Å²) in [7, 11) is 0. The van der Waals surface area contributed by atoms with E-state index in [4.69, 9.17) is 0 Å². The quantitative estimate of drug-likeness (QED) is 0.162. The van der Waals surface area contributed by atoms with E-state index in [0.29, 0.717) is 0 Å². The van der Waals surface area contributed by atoms with Gasteiger partial charge in [0.05, 0.1) is 5.41 Å². The first-order chi connectivity index (χ1) is 26.2. The highest BCUT2D eigenvalue weighted by molar-refractivity contribution is 5.95. The summed E-state index contributed by atoms with van der Waals surface area (Å²) in [5.41, 5.74) is 16.4. The lowest BCUT2D eigenvalue weighted by atomic mass is 9.67. The van der Waals surface area contributed by atoms with Crippen molar-refractivity contribution in [3.8, 4) is 22.3 Å². The molecule has 53 heavy (non-hydrogen) atoms. The van der Waals surface area contributed by atoms with E-state index in [1.165, 1.54) is 72.1 Å². The molecule has 0 aliphatic heterocycles. The zero-order chi connectivity index (χ0) is 35.6. The summed E-state index contributed by atoms with van der Waals surface area (Å²) in [5.74, 6) is 0. The molecule has 0 amide bonds. The van der Waals surface area contributed by atoms with Gasteiger partial charge in [-0.05, 0) is 128 Å². The van der Waals surface area contributed by atoms with E-state index in [1.807, 2.05) is 0 Å². The van der Waals surface area contributed by atoms with Gasteiger partial charge in [0.15, 0.2) is 0 Å². The van der Waals surface area contributed by atoms with Crippen molar-refractivity contribution in [3.05, 3.63) is 221 Å². The number of hydrogen-bond donors (Lipinski definition) is 0. The van der Waals surface area contributed by atoms with Gasteiger partial charge >= 0.3 is 0 Å². The zero-order valence-electron chi connectivity index (χ0n) is 30.3. The van der Waals surface area contributed by atoms with Crippen molar-refractivity contribution < 1.29 is 0 Å². The molecule has 0 radical (unpaired) electrons. The van der Waals surface area contributed by atoms with Gasteiger partial charge in [-0.3, -0.25) is 0 Å². The molecule has 0 atom stereocenters. The van der Waals surface area contributed by atoms with Crippen LogP contribution in [0.2, 0.25) is 0 Å². The standard InChI is InChI=1S/C52H41N/c1-3-51(4-2)48-33-37-19-15-14-18-36(37)32-46(48)45-31-29-41(34-49(45)51)53(40-24-12-7-13-25-40)42-28-30-44-43-26-16-17-27-47(43)52(50(44)35-42,38-20-8-5-9-21-38)39-22-10-6-11-23-39/h5-35H,3-4H2,1-2H3. The van der Waals surface area contributed by atoms with Crippen LogP contribution in [-0.4, -0.2) is 0 Å². The first kappa shape index (κ1) is 31.5. The number of rotatable bonds is 7. The molecule has 0 spiro atoms. The third kappa shape index (κ3) is 4.50. The van der Waals surface area contributed by atoms with Crippen LogP contribution >= 0.6 is 0 Å². The lowest BCUT2D eigenvalue weighted by molar-refractivity contribution is 0.491. The molecule has 10 rings (SSSR count). The molecule has 0 heterocycles. The number of anilines is 3. The van der Waals surface area contributed by atoms with Crippen molar-refractivity contribution in [2.75, 3.05) is 4.90 Å². The Morgan fingerprint density at radius 3 is 1.45 bits per heavy atom. The molecule has 2 aliphatic carbocycles. The van der Waals surface area contributed by atoms with E-state index in [9.17, 15) is 0 Å². The number of benzene rings is 8. The van der Waals surface area contributed by atoms with E-state index in [2.05, 4.69) is 207 Å². The minimum Gasteiger partial charge on any atom is -0.310 e. The molecule has 1 nitrogen and oxygen atoms in total. The normalized spacial score (nSPS) is 14.3. The lowest BCUT2D eigenvalue weighted by Gasteiger charge is -2.35. The van der Waals surface area contributed by atoms with Crippen molar-refractivity contribution in [2.45, 2.75) is 37.5 Å². The fraction of sp³-hybridized carbons (Fsp3) is 0.115. The van der Waals surface area contributed by atoms with Gasteiger partial charge in [-0.15, -0.1) is 0 Å². The van der Waals surface area contributed by atoms with Gasteiger partial charge in [0.1, 0.15) is 0 Å². The lowest BCUT2D eigenvalue weighted by Crippen LogP contribution is -2.28. The Morgan fingerprint density at radius 1 is 0.358 bits per heavy atom. The molecular weight excluding hydrogens is 639 g/mol. The van der Waals surface area contributed by atoms with Gasteiger partial charge in [0, 0.05) is 22.5 Å². The summed E-state index contributed by atoms with van der Waals surface area (Å²) in [6.07, 6.45) is 2.09. The number of para-hydroxylation sites is 1. The Bertz CT molecular complexity index is 2590. The molecule has 2 aliphatic rings. The maximum Gasteiger partial charge on any atom is 0.0714 e. The van der Waals surface area contributed by atoms with E-state index in [1.54, 1.807) is 0 Å². The molecule has 0 unspecified atom stereocenters. The van der Waals surface area contributed by atoms with Gasteiger partial charge in [-0.25, -0.2) is 0 Å². The molecule has 254 valence electrons. The third-order valence-electron chi connectivity index (χ3n) is 12.4. The Balaban J connectivity index is 1.22. The highest BCUT2D eigenvalue weighted by Crippen LogP contribution is 2.58. The molecule has 0 saturated heterocycles. The van der Waals surface area contributed by atoms with E-state index >= 15 is 0 Å². The van der Waals surface area contributed by atoms with E-state index in [-0.39, 0.29) is 5.41 Å². The summed E-state index contributed by atoms with van der Waals surface area (Å²) in [5, 5.41) is 2.62. The Morgan fingerprint density at radius 2 is 0.830 bits per heavy atom. The third-order valence-corrected chi connectivity index (χ3v) is 12.4. The van der Waals surface area contributed by atoms with Crippen LogP contribution in [0.5, 0.6) is 0 Å². The Kier molecular flexibility index (Phi) is 7.27. The smallest absolute Gasteiger partial charge is 0.0714 e. The van der Waals surface area contributed by atoms with Crippen LogP contribution in [0.25, 0.3) is 33.0 Å². The fourth-order valence-electron chi connectivity index (χ4n) is 9.91. The SMILES string of the molecule is CCC1(CC)c2cc(N(c3ccccc3)c3ccc4c(c3)C(c3ccccc3)(c3ccccc3)c3ccccc3-4)ccc2-c2cc3ccccc3cc21. The van der Waals surface area contributed by atoms with Gasteiger partial charge in [0.25, 0.3) is 0 Å². The summed E-state index contributed by atoms with van der Waals surface area (Å²) >= 11 is 0. The van der Waals surface area contributed by atoms with Crippen LogP contribution in [0.4, 0.5) is 17.1 Å². The summed E-state index contributed by atoms with van der Waals surface area (Å²) in [4.78, 5) is 2.47. The largest absolute Gasteiger partial charge is 0.310 e. The highest BCUT2D eigenvalue weighted by Gasteiger charge is 2.46. The van der Waals surface area contributed by atoms with E-state index in [0.717, 1.165) is 24.2 Å². The first-order valence-electron chi connectivity index (χ1n) is 19.1. The Labute approximate surface area is 312 Å². The molecule has 0 saturated carbocycles. The van der Waals surface area contributed by atoms with Crippen molar-refractivity contribution in [1.82, 2.24) is 0 Å². The van der Waals surface area contributed by atoms with Crippen LogP contribution in [0.15, 0.2) is 188 Å². The molecule has 0 aromatic heterocycles. The average molecular weight is 680 g/mol. The van der Waals surface area contributed by atoms with Crippen molar-refractivity contribution in [2.24, 2.45) is 0 Å². The van der Waals surface area contributed by atoms with Crippen LogP contribution in [0.3, 0.4) is 0 Å². The molecule has 0 fully saturated rings. The van der Waals surface area contributed by atoms with Crippen molar-refractivity contribution >= 4 is 27.8 Å². The minimum absolute atomic E-state index is 0.0532.